The lowest BCUT2D eigenvalue weighted by Gasteiger charge is -2.70. The van der Waals surface area contributed by atoms with Crippen LogP contribution in [0.1, 0.15) is 43.2 Å². The van der Waals surface area contributed by atoms with E-state index in [4.69, 9.17) is 4.74 Å². The van der Waals surface area contributed by atoms with E-state index in [1.54, 1.807) is 13.1 Å². The van der Waals surface area contributed by atoms with Crippen LogP contribution in [0.5, 0.6) is 11.5 Å². The zero-order valence-corrected chi connectivity index (χ0v) is 19.1. The SMILES string of the molecule is CN(CCO)C(=O)C1=C[C@@]23CC[C@]1(O)[C@@H]1Oc4c(O)ccc5c4[C@@]12CCN(CC1CC1)[C@@H]3C5. The van der Waals surface area contributed by atoms with Crippen LogP contribution >= 0.6 is 0 Å². The molecule has 0 unspecified atom stereocenters. The number of ether oxygens (including phenoxy) is 1. The molecule has 2 aliphatic heterocycles. The summed E-state index contributed by atoms with van der Waals surface area (Å²) in [4.78, 5) is 17.7. The number of likely N-dealkylation sites (tertiary alicyclic amines) is 1. The highest BCUT2D eigenvalue weighted by atomic mass is 16.5. The number of hydrogen-bond acceptors (Lipinski definition) is 6. The third kappa shape index (κ3) is 2.24. The van der Waals surface area contributed by atoms with E-state index in [0.29, 0.717) is 17.7 Å². The molecule has 1 aromatic rings. The molecular formula is C26H32N2O5. The Morgan fingerprint density at radius 1 is 1.27 bits per heavy atom. The molecule has 3 fully saturated rings. The van der Waals surface area contributed by atoms with Gasteiger partial charge in [-0.3, -0.25) is 9.69 Å². The summed E-state index contributed by atoms with van der Waals surface area (Å²) in [7, 11) is 1.67. The molecule has 5 aliphatic carbocycles. The van der Waals surface area contributed by atoms with E-state index in [1.165, 1.54) is 23.3 Å². The fraction of sp³-hybridized carbons (Fsp3) is 0.654. The monoisotopic (exact) mass is 452 g/mol. The highest BCUT2D eigenvalue weighted by Gasteiger charge is 2.78. The number of fused-ring (bicyclic) bond motifs is 1. The van der Waals surface area contributed by atoms with Gasteiger partial charge < -0.3 is 25.0 Å². The number of amides is 1. The van der Waals surface area contributed by atoms with Crippen molar-refractivity contribution in [1.29, 1.82) is 0 Å². The van der Waals surface area contributed by atoms with E-state index < -0.39 is 17.1 Å². The Morgan fingerprint density at radius 2 is 2.09 bits per heavy atom. The highest BCUT2D eigenvalue weighted by Crippen LogP contribution is 2.74. The minimum atomic E-state index is -1.41. The van der Waals surface area contributed by atoms with E-state index in [9.17, 15) is 20.1 Å². The molecule has 7 aliphatic rings. The van der Waals surface area contributed by atoms with Gasteiger partial charge in [-0.05, 0) is 62.6 Å². The number of carbonyl (C=O) groups excluding carboxylic acids is 1. The Balaban J connectivity index is 1.46. The second-order valence-corrected chi connectivity index (χ2v) is 11.3. The van der Waals surface area contributed by atoms with E-state index in [1.807, 2.05) is 6.07 Å². The van der Waals surface area contributed by atoms with Gasteiger partial charge in [0.2, 0.25) is 0 Å². The molecule has 1 amide bonds. The number of hydrogen-bond donors (Lipinski definition) is 3. The van der Waals surface area contributed by atoms with Gasteiger partial charge in [-0.1, -0.05) is 12.1 Å². The Hall–Kier alpha value is -2.09. The van der Waals surface area contributed by atoms with Crippen LogP contribution in [0.2, 0.25) is 0 Å². The summed E-state index contributed by atoms with van der Waals surface area (Å²) >= 11 is 0. The molecule has 2 heterocycles. The maximum atomic E-state index is 13.5. The van der Waals surface area contributed by atoms with Crippen molar-refractivity contribution in [3.05, 3.63) is 34.9 Å². The van der Waals surface area contributed by atoms with Gasteiger partial charge >= 0.3 is 0 Å². The van der Waals surface area contributed by atoms with Gasteiger partial charge in [0.1, 0.15) is 11.7 Å². The third-order valence-electron chi connectivity index (χ3n) is 9.85. The van der Waals surface area contributed by atoms with E-state index >= 15 is 0 Å². The Labute approximate surface area is 193 Å². The van der Waals surface area contributed by atoms with Crippen molar-refractivity contribution in [2.75, 3.05) is 33.3 Å². The lowest BCUT2D eigenvalue weighted by atomic mass is 9.38. The first-order valence-electron chi connectivity index (χ1n) is 12.4. The number of likely N-dealkylation sites (N-methyl/N-ethyl adjacent to an activating group) is 1. The van der Waals surface area contributed by atoms with Crippen LogP contribution < -0.4 is 4.74 Å². The molecule has 1 aromatic carbocycles. The van der Waals surface area contributed by atoms with E-state index in [-0.39, 0.29) is 36.3 Å². The first-order valence-corrected chi connectivity index (χ1v) is 12.4. The van der Waals surface area contributed by atoms with Gasteiger partial charge in [0.25, 0.3) is 5.91 Å². The molecule has 2 saturated carbocycles. The number of benzene rings is 1. The lowest BCUT2D eigenvalue weighted by Crippen LogP contribution is -2.78. The number of phenols is 1. The molecule has 0 aromatic heterocycles. The predicted octanol–water partition coefficient (Wildman–Crippen LogP) is 1.33. The van der Waals surface area contributed by atoms with E-state index in [2.05, 4.69) is 11.0 Å². The summed E-state index contributed by atoms with van der Waals surface area (Å²) < 4.78 is 6.51. The molecular weight excluding hydrogens is 420 g/mol. The minimum Gasteiger partial charge on any atom is -0.504 e. The molecule has 176 valence electrons. The summed E-state index contributed by atoms with van der Waals surface area (Å²) in [5.41, 5.74) is 0.569. The van der Waals surface area contributed by atoms with Gasteiger partial charge in [0.05, 0.1) is 12.0 Å². The summed E-state index contributed by atoms with van der Waals surface area (Å²) in [6, 6.07) is 4.01. The molecule has 4 bridgehead atoms. The number of carbonyl (C=O) groups is 1. The highest BCUT2D eigenvalue weighted by molar-refractivity contribution is 5.97. The second-order valence-electron chi connectivity index (χ2n) is 11.3. The van der Waals surface area contributed by atoms with Crippen molar-refractivity contribution in [2.45, 2.75) is 61.7 Å². The van der Waals surface area contributed by atoms with Gasteiger partial charge in [0, 0.05) is 42.7 Å². The molecule has 8 rings (SSSR count). The third-order valence-corrected chi connectivity index (χ3v) is 9.85. The standard InChI is InChI=1S/C26H32N2O5/c1-27(10-11-29)22(31)17-13-24-6-7-26(17,32)23-25(24)8-9-28(14-15-2-3-15)19(24)12-16-4-5-18(30)21(33-23)20(16)25/h4-5,13,15,19,23,29-30,32H,2-3,6-12,14H2,1H3/t19-,23-,24-,25+,26-/m1/s1. The van der Waals surface area contributed by atoms with Gasteiger partial charge in [-0.15, -0.1) is 0 Å². The Bertz CT molecular complexity index is 1100. The molecule has 33 heavy (non-hydrogen) atoms. The van der Waals surface area contributed by atoms with Crippen LogP contribution in [0.15, 0.2) is 23.8 Å². The zero-order chi connectivity index (χ0) is 22.8. The fourth-order valence-corrected chi connectivity index (χ4v) is 8.26. The van der Waals surface area contributed by atoms with Crippen molar-refractivity contribution >= 4 is 5.91 Å². The maximum absolute atomic E-state index is 13.5. The van der Waals surface area contributed by atoms with Gasteiger partial charge in [0.15, 0.2) is 11.5 Å². The quantitative estimate of drug-likeness (QED) is 0.624. The van der Waals surface area contributed by atoms with Crippen molar-refractivity contribution in [3.8, 4) is 11.5 Å². The van der Waals surface area contributed by atoms with Gasteiger partial charge in [-0.2, -0.15) is 0 Å². The molecule has 3 N–H and O–H groups in total. The second kappa shape index (κ2) is 6.32. The first-order chi connectivity index (χ1) is 15.9. The summed E-state index contributed by atoms with van der Waals surface area (Å²) in [5, 5.41) is 32.3. The van der Waals surface area contributed by atoms with E-state index in [0.717, 1.165) is 43.8 Å². The molecule has 1 saturated heterocycles. The average molecular weight is 453 g/mol. The molecule has 7 heteroatoms. The summed E-state index contributed by atoms with van der Waals surface area (Å²) in [5.74, 6) is 1.18. The topological polar surface area (TPSA) is 93.5 Å². The zero-order valence-electron chi connectivity index (χ0n) is 19.1. The summed E-state index contributed by atoms with van der Waals surface area (Å²) in [6.07, 6.45) is 7.15. The van der Waals surface area contributed by atoms with Crippen molar-refractivity contribution in [3.63, 3.8) is 0 Å². The summed E-state index contributed by atoms with van der Waals surface area (Å²) in [6.45, 7) is 2.15. The normalized spacial score (nSPS) is 39.7. The number of piperidine rings is 1. The predicted molar refractivity (Wildman–Crippen MR) is 120 cm³/mol. The lowest BCUT2D eigenvalue weighted by molar-refractivity contribution is -0.188. The van der Waals surface area contributed by atoms with Crippen molar-refractivity contribution in [2.24, 2.45) is 11.3 Å². The smallest absolute Gasteiger partial charge is 0.252 e. The number of aliphatic hydroxyl groups excluding tert-OH is 1. The fourth-order valence-electron chi connectivity index (χ4n) is 8.26. The maximum Gasteiger partial charge on any atom is 0.252 e. The van der Waals surface area contributed by atoms with Crippen LogP contribution in [-0.4, -0.2) is 82.1 Å². The Kier molecular flexibility index (Phi) is 3.89. The van der Waals surface area contributed by atoms with Crippen LogP contribution in [0, 0.1) is 11.3 Å². The van der Waals surface area contributed by atoms with Crippen LogP contribution in [0.4, 0.5) is 0 Å². The number of nitrogens with zero attached hydrogens (tertiary/aromatic N) is 2. The molecule has 7 nitrogen and oxygen atoms in total. The molecule has 2 spiro atoms. The van der Waals surface area contributed by atoms with Gasteiger partial charge in [-0.25, -0.2) is 0 Å². The number of rotatable bonds is 5. The first kappa shape index (κ1) is 20.3. The van der Waals surface area contributed by atoms with Crippen molar-refractivity contribution in [1.82, 2.24) is 9.80 Å². The van der Waals surface area contributed by atoms with Crippen LogP contribution in [-0.2, 0) is 16.6 Å². The van der Waals surface area contributed by atoms with Crippen LogP contribution in [0.3, 0.4) is 0 Å². The van der Waals surface area contributed by atoms with Crippen LogP contribution in [0.25, 0.3) is 0 Å². The Morgan fingerprint density at radius 3 is 2.85 bits per heavy atom. The average Bonchev–Trinajstić information content (AvgIpc) is 3.54. The van der Waals surface area contributed by atoms with Crippen molar-refractivity contribution < 1.29 is 24.9 Å². The number of aromatic hydroxyl groups is 1. The largest absolute Gasteiger partial charge is 0.504 e. The number of aliphatic hydroxyl groups is 2. The number of phenolic OH excluding ortho intramolecular Hbond substituents is 1. The molecule has 5 atom stereocenters. The molecule has 0 radical (unpaired) electrons. The minimum absolute atomic E-state index is 0.122.